The highest BCUT2D eigenvalue weighted by atomic mass is 35.5. The predicted octanol–water partition coefficient (Wildman–Crippen LogP) is 2.72. The molecule has 2 amide bonds. The third kappa shape index (κ3) is 4.33. The molecule has 2 aliphatic rings. The normalized spacial score (nSPS) is 19.3. The molecule has 1 N–H and O–H groups in total. The lowest BCUT2D eigenvalue weighted by Crippen LogP contribution is -2.45. The summed E-state index contributed by atoms with van der Waals surface area (Å²) in [6.45, 7) is 6.90. The summed E-state index contributed by atoms with van der Waals surface area (Å²) >= 11 is 5.97. The van der Waals surface area contributed by atoms with Gasteiger partial charge in [-0.25, -0.2) is 4.98 Å². The summed E-state index contributed by atoms with van der Waals surface area (Å²) in [7, 11) is 2.11. The molecule has 0 bridgehead atoms. The lowest BCUT2D eigenvalue weighted by molar-refractivity contribution is -0.127. The van der Waals surface area contributed by atoms with Crippen molar-refractivity contribution in [3.05, 3.63) is 52.8 Å². The number of hydrogen-bond donors (Lipinski definition) is 1. The molecule has 5 rings (SSSR count). The Balaban J connectivity index is 1.54. The lowest BCUT2D eigenvalue weighted by Gasteiger charge is -2.34. The van der Waals surface area contributed by atoms with Crippen molar-refractivity contribution in [3.8, 4) is 0 Å². The smallest absolute Gasteiger partial charge is 0.261 e. The fourth-order valence-corrected chi connectivity index (χ4v) is 4.73. The Kier molecular flexibility index (Phi) is 6.14. The molecule has 3 aromatic rings. The zero-order valence-electron chi connectivity index (χ0n) is 19.4. The number of nitrogens with zero attached hydrogens (tertiary/aromatic N) is 6. The standard InChI is InChI=1S/C24H28ClN7O2/c1-3-30-15-16(12-22(30)33)20-13-21(31-10-8-29(2)9-11-31)32-23(28-20)19(14-26-32)24(34)27-18-6-4-17(25)5-7-18/h4-7,13-14,16H,3,8-12,15H2,1-2H3,(H,27,34)/t16-/m0/s1. The number of halogens is 1. The van der Waals surface area contributed by atoms with E-state index in [9.17, 15) is 9.59 Å². The van der Waals surface area contributed by atoms with Crippen LogP contribution in [0.2, 0.25) is 5.02 Å². The van der Waals surface area contributed by atoms with Gasteiger partial charge in [0.15, 0.2) is 5.65 Å². The zero-order chi connectivity index (χ0) is 23.8. The third-order valence-corrected chi connectivity index (χ3v) is 6.91. The molecule has 10 heteroatoms. The number of benzene rings is 1. The van der Waals surface area contributed by atoms with Crippen LogP contribution in [0.25, 0.3) is 5.65 Å². The van der Waals surface area contributed by atoms with Gasteiger partial charge in [-0.2, -0.15) is 9.61 Å². The molecule has 0 aliphatic carbocycles. The maximum absolute atomic E-state index is 13.2. The van der Waals surface area contributed by atoms with Gasteiger partial charge in [-0.05, 0) is 38.2 Å². The van der Waals surface area contributed by atoms with E-state index >= 15 is 0 Å². The number of nitrogens with one attached hydrogen (secondary N) is 1. The summed E-state index contributed by atoms with van der Waals surface area (Å²) in [5, 5.41) is 8.05. The summed E-state index contributed by atoms with van der Waals surface area (Å²) in [5.41, 5.74) is 2.36. The van der Waals surface area contributed by atoms with Gasteiger partial charge in [-0.3, -0.25) is 9.59 Å². The summed E-state index contributed by atoms with van der Waals surface area (Å²) < 4.78 is 1.75. The van der Waals surface area contributed by atoms with Crippen LogP contribution < -0.4 is 10.2 Å². The topological polar surface area (TPSA) is 86.1 Å². The van der Waals surface area contributed by atoms with Crippen molar-refractivity contribution in [2.24, 2.45) is 0 Å². The SMILES string of the molecule is CCN1C[C@@H](c2cc(N3CCN(C)CC3)n3ncc(C(=O)Nc4ccc(Cl)cc4)c3n2)CC1=O. The predicted molar refractivity (Wildman–Crippen MR) is 132 cm³/mol. The summed E-state index contributed by atoms with van der Waals surface area (Å²) in [6.07, 6.45) is 1.99. The molecule has 1 aromatic carbocycles. The number of likely N-dealkylation sites (N-methyl/N-ethyl adjacent to an activating group) is 2. The molecule has 2 fully saturated rings. The quantitative estimate of drug-likeness (QED) is 0.603. The van der Waals surface area contributed by atoms with E-state index in [-0.39, 0.29) is 17.7 Å². The third-order valence-electron chi connectivity index (χ3n) is 6.66. The van der Waals surface area contributed by atoms with Gasteiger partial charge >= 0.3 is 0 Å². The van der Waals surface area contributed by atoms with Crippen molar-refractivity contribution >= 4 is 40.6 Å². The first-order valence-corrected chi connectivity index (χ1v) is 12.0. The van der Waals surface area contributed by atoms with Crippen molar-refractivity contribution in [2.45, 2.75) is 19.3 Å². The summed E-state index contributed by atoms with van der Waals surface area (Å²) in [6, 6.07) is 9.01. The van der Waals surface area contributed by atoms with E-state index in [0.717, 1.165) is 37.7 Å². The largest absolute Gasteiger partial charge is 0.354 e. The molecule has 1 atom stereocenters. The first-order valence-electron chi connectivity index (χ1n) is 11.6. The first-order chi connectivity index (χ1) is 16.4. The van der Waals surface area contributed by atoms with E-state index in [0.29, 0.717) is 41.4 Å². The van der Waals surface area contributed by atoms with Crippen LogP contribution in [0.15, 0.2) is 36.5 Å². The highest BCUT2D eigenvalue weighted by molar-refractivity contribution is 6.30. The summed E-state index contributed by atoms with van der Waals surface area (Å²) in [4.78, 5) is 36.9. The van der Waals surface area contributed by atoms with E-state index in [1.54, 1.807) is 35.0 Å². The minimum atomic E-state index is -0.288. The number of amides is 2. The number of likely N-dealkylation sites (tertiary alicyclic amines) is 1. The second-order valence-electron chi connectivity index (χ2n) is 8.92. The molecule has 2 saturated heterocycles. The number of carbonyl (C=O) groups is 2. The average molecular weight is 482 g/mol. The van der Waals surface area contributed by atoms with Gasteiger partial charge in [0.1, 0.15) is 11.4 Å². The van der Waals surface area contributed by atoms with Crippen LogP contribution in [0.5, 0.6) is 0 Å². The van der Waals surface area contributed by atoms with Crippen LogP contribution in [0, 0.1) is 0 Å². The molecule has 34 heavy (non-hydrogen) atoms. The first kappa shape index (κ1) is 22.6. The summed E-state index contributed by atoms with van der Waals surface area (Å²) in [5.74, 6) is 0.750. The fraction of sp³-hybridized carbons (Fsp3) is 0.417. The lowest BCUT2D eigenvalue weighted by atomic mass is 10.0. The number of hydrogen-bond acceptors (Lipinski definition) is 6. The minimum absolute atomic E-state index is 0.00857. The van der Waals surface area contributed by atoms with E-state index in [1.807, 2.05) is 17.9 Å². The van der Waals surface area contributed by atoms with Gasteiger partial charge < -0.3 is 20.0 Å². The Morgan fingerprint density at radius 3 is 2.59 bits per heavy atom. The van der Waals surface area contributed by atoms with Crippen LogP contribution in [0.4, 0.5) is 11.5 Å². The van der Waals surface area contributed by atoms with E-state index < -0.39 is 0 Å². The maximum atomic E-state index is 13.2. The number of anilines is 2. The van der Waals surface area contributed by atoms with Gasteiger partial charge in [0.2, 0.25) is 5.91 Å². The van der Waals surface area contributed by atoms with Gasteiger partial charge in [0, 0.05) is 68.4 Å². The molecular formula is C24H28ClN7O2. The average Bonchev–Trinajstić information content (AvgIpc) is 3.44. The van der Waals surface area contributed by atoms with Gasteiger partial charge in [-0.1, -0.05) is 11.6 Å². The molecule has 0 saturated carbocycles. The van der Waals surface area contributed by atoms with E-state index in [4.69, 9.17) is 16.6 Å². The molecule has 2 aromatic heterocycles. The molecule has 9 nitrogen and oxygen atoms in total. The van der Waals surface area contributed by atoms with Crippen LogP contribution in [-0.2, 0) is 4.79 Å². The van der Waals surface area contributed by atoms with Crippen molar-refractivity contribution in [1.29, 1.82) is 0 Å². The molecule has 0 radical (unpaired) electrons. The molecule has 178 valence electrons. The molecule has 0 unspecified atom stereocenters. The Morgan fingerprint density at radius 1 is 1.18 bits per heavy atom. The second kappa shape index (κ2) is 9.23. The number of aromatic nitrogens is 3. The van der Waals surface area contributed by atoms with Crippen molar-refractivity contribution in [1.82, 2.24) is 24.4 Å². The number of fused-ring (bicyclic) bond motifs is 1. The van der Waals surface area contributed by atoms with Crippen LogP contribution >= 0.6 is 11.6 Å². The monoisotopic (exact) mass is 481 g/mol. The van der Waals surface area contributed by atoms with E-state index in [1.165, 1.54) is 0 Å². The van der Waals surface area contributed by atoms with Crippen molar-refractivity contribution in [3.63, 3.8) is 0 Å². The maximum Gasteiger partial charge on any atom is 0.261 e. The van der Waals surface area contributed by atoms with E-state index in [2.05, 4.69) is 27.3 Å². The van der Waals surface area contributed by atoms with Crippen LogP contribution in [-0.4, -0.2) is 82.5 Å². The highest BCUT2D eigenvalue weighted by Crippen LogP contribution is 2.31. The Morgan fingerprint density at radius 2 is 1.91 bits per heavy atom. The Labute approximate surface area is 203 Å². The number of rotatable bonds is 5. The minimum Gasteiger partial charge on any atom is -0.354 e. The van der Waals surface area contributed by atoms with Crippen LogP contribution in [0.3, 0.4) is 0 Å². The van der Waals surface area contributed by atoms with Crippen molar-refractivity contribution < 1.29 is 9.59 Å². The molecule has 4 heterocycles. The Hall–Kier alpha value is -3.17. The molecular weight excluding hydrogens is 454 g/mol. The van der Waals surface area contributed by atoms with Gasteiger partial charge in [-0.15, -0.1) is 0 Å². The highest BCUT2D eigenvalue weighted by Gasteiger charge is 2.32. The second-order valence-corrected chi connectivity index (χ2v) is 9.35. The number of piperazine rings is 1. The van der Waals surface area contributed by atoms with Gasteiger partial charge in [0.25, 0.3) is 5.91 Å². The number of carbonyl (C=O) groups excluding carboxylic acids is 2. The fourth-order valence-electron chi connectivity index (χ4n) is 4.60. The molecule has 2 aliphatic heterocycles. The zero-order valence-corrected chi connectivity index (χ0v) is 20.1. The van der Waals surface area contributed by atoms with Crippen molar-refractivity contribution in [2.75, 3.05) is 56.5 Å². The molecule has 0 spiro atoms. The van der Waals surface area contributed by atoms with Crippen LogP contribution in [0.1, 0.15) is 35.3 Å². The van der Waals surface area contributed by atoms with Gasteiger partial charge in [0.05, 0.1) is 11.9 Å². The Bertz CT molecular complexity index is 1220.